The molecule has 5 nitrogen and oxygen atoms in total. The second-order valence-electron chi connectivity index (χ2n) is 3.60. The Morgan fingerprint density at radius 2 is 2.44 bits per heavy atom. The highest BCUT2D eigenvalue weighted by Gasteiger charge is 2.17. The molecule has 2 rings (SSSR count). The predicted molar refractivity (Wildman–Crippen MR) is 58.5 cm³/mol. The van der Waals surface area contributed by atoms with E-state index < -0.39 is 11.9 Å². The molecule has 2 aromatic heterocycles. The number of nitrogens with zero attached hydrogens (tertiary/aromatic N) is 3. The minimum Gasteiger partial charge on any atom is -0.481 e. The van der Waals surface area contributed by atoms with Crippen molar-refractivity contribution in [3.8, 4) is 0 Å². The third-order valence-corrected chi connectivity index (χ3v) is 2.76. The van der Waals surface area contributed by atoms with Crippen LogP contribution in [0.2, 0.25) is 5.15 Å². The summed E-state index contributed by atoms with van der Waals surface area (Å²) in [5.74, 6) is -1.36. The van der Waals surface area contributed by atoms with E-state index in [0.29, 0.717) is 22.9 Å². The fourth-order valence-corrected chi connectivity index (χ4v) is 1.68. The summed E-state index contributed by atoms with van der Waals surface area (Å²) in [5.41, 5.74) is 1.26. The van der Waals surface area contributed by atoms with E-state index in [4.69, 9.17) is 16.7 Å². The second-order valence-corrected chi connectivity index (χ2v) is 3.96. The average Bonchev–Trinajstić information content (AvgIpc) is 2.56. The van der Waals surface area contributed by atoms with Gasteiger partial charge in [-0.25, -0.2) is 9.97 Å². The molecule has 1 N–H and O–H groups in total. The number of aliphatic carboxylic acids is 1. The molecule has 0 saturated carbocycles. The molecule has 2 aromatic rings. The van der Waals surface area contributed by atoms with Gasteiger partial charge in [-0.05, 0) is 6.07 Å². The molecule has 0 saturated heterocycles. The number of imidazole rings is 1. The lowest BCUT2D eigenvalue weighted by Gasteiger charge is -2.02. The number of aromatic nitrogens is 3. The number of carboxylic acids is 1. The summed E-state index contributed by atoms with van der Waals surface area (Å²) in [6, 6.07) is 1.72. The van der Waals surface area contributed by atoms with Crippen LogP contribution in [-0.2, 0) is 11.2 Å². The SMILES string of the molecule is CC(Cc1nc2ccncn2c1Cl)C(=O)O. The number of halogens is 1. The molecule has 0 aliphatic heterocycles. The number of hydrogen-bond acceptors (Lipinski definition) is 3. The van der Waals surface area contributed by atoms with E-state index in [2.05, 4.69) is 9.97 Å². The predicted octanol–water partition coefficient (Wildman–Crippen LogP) is 1.65. The quantitative estimate of drug-likeness (QED) is 0.884. The summed E-state index contributed by atoms with van der Waals surface area (Å²) >= 11 is 6.07. The molecule has 0 radical (unpaired) electrons. The van der Waals surface area contributed by atoms with Gasteiger partial charge in [0, 0.05) is 12.6 Å². The van der Waals surface area contributed by atoms with Crippen LogP contribution in [0.1, 0.15) is 12.6 Å². The highest BCUT2D eigenvalue weighted by atomic mass is 35.5. The smallest absolute Gasteiger partial charge is 0.306 e. The molecule has 0 bridgehead atoms. The molecule has 0 spiro atoms. The summed E-state index contributed by atoms with van der Waals surface area (Å²) < 4.78 is 1.63. The van der Waals surface area contributed by atoms with Crippen molar-refractivity contribution >= 4 is 23.2 Å². The Morgan fingerprint density at radius 3 is 3.06 bits per heavy atom. The first-order valence-corrected chi connectivity index (χ1v) is 5.16. The summed E-state index contributed by atoms with van der Waals surface area (Å²) in [4.78, 5) is 18.9. The zero-order valence-electron chi connectivity index (χ0n) is 8.59. The summed E-state index contributed by atoms with van der Waals surface area (Å²) in [6.07, 6.45) is 3.48. The molecule has 16 heavy (non-hydrogen) atoms. The third-order valence-electron chi connectivity index (χ3n) is 2.36. The van der Waals surface area contributed by atoms with E-state index >= 15 is 0 Å². The molecular formula is C10H10ClN3O2. The van der Waals surface area contributed by atoms with Gasteiger partial charge >= 0.3 is 5.97 Å². The summed E-state index contributed by atoms with van der Waals surface area (Å²) in [7, 11) is 0. The minimum absolute atomic E-state index is 0.315. The van der Waals surface area contributed by atoms with Gasteiger partial charge in [0.2, 0.25) is 0 Å². The van der Waals surface area contributed by atoms with E-state index in [0.717, 1.165) is 0 Å². The normalized spacial score (nSPS) is 12.9. The van der Waals surface area contributed by atoms with Crippen LogP contribution >= 0.6 is 11.6 Å². The lowest BCUT2D eigenvalue weighted by Crippen LogP contribution is -2.12. The molecule has 1 unspecified atom stereocenters. The molecule has 0 aliphatic rings. The monoisotopic (exact) mass is 239 g/mol. The Balaban J connectivity index is 2.38. The standard InChI is InChI=1S/C10H10ClN3O2/c1-6(10(15)16)4-7-9(11)14-5-12-3-2-8(14)13-7/h2-3,5-6H,4H2,1H3,(H,15,16). The van der Waals surface area contributed by atoms with Gasteiger partial charge in [-0.2, -0.15) is 0 Å². The first-order chi connectivity index (χ1) is 7.59. The van der Waals surface area contributed by atoms with Crippen LogP contribution in [0.5, 0.6) is 0 Å². The summed E-state index contributed by atoms with van der Waals surface area (Å²) in [5, 5.41) is 9.25. The molecule has 6 heteroatoms. The van der Waals surface area contributed by atoms with Crippen LogP contribution in [0.15, 0.2) is 18.6 Å². The summed E-state index contributed by atoms with van der Waals surface area (Å²) in [6.45, 7) is 1.63. The van der Waals surface area contributed by atoms with Crippen molar-refractivity contribution in [2.45, 2.75) is 13.3 Å². The lowest BCUT2D eigenvalue weighted by molar-refractivity contribution is -0.141. The van der Waals surface area contributed by atoms with E-state index in [9.17, 15) is 4.79 Å². The van der Waals surface area contributed by atoms with Crippen molar-refractivity contribution in [2.75, 3.05) is 0 Å². The van der Waals surface area contributed by atoms with Crippen molar-refractivity contribution in [3.05, 3.63) is 29.4 Å². The van der Waals surface area contributed by atoms with Gasteiger partial charge < -0.3 is 5.11 Å². The Hall–Kier alpha value is -1.62. The van der Waals surface area contributed by atoms with E-state index in [-0.39, 0.29) is 0 Å². The van der Waals surface area contributed by atoms with Crippen LogP contribution in [-0.4, -0.2) is 25.4 Å². The maximum absolute atomic E-state index is 10.7. The Morgan fingerprint density at radius 1 is 1.69 bits per heavy atom. The van der Waals surface area contributed by atoms with Crippen molar-refractivity contribution < 1.29 is 9.90 Å². The fraction of sp³-hybridized carbons (Fsp3) is 0.300. The number of carbonyl (C=O) groups is 1. The van der Waals surface area contributed by atoms with E-state index in [1.54, 1.807) is 29.9 Å². The first-order valence-electron chi connectivity index (χ1n) is 4.79. The van der Waals surface area contributed by atoms with Crippen LogP contribution in [0.4, 0.5) is 0 Å². The van der Waals surface area contributed by atoms with E-state index in [1.807, 2.05) is 0 Å². The maximum atomic E-state index is 10.7. The van der Waals surface area contributed by atoms with Gasteiger partial charge in [-0.3, -0.25) is 9.20 Å². The van der Waals surface area contributed by atoms with Crippen LogP contribution < -0.4 is 0 Å². The van der Waals surface area contributed by atoms with Crippen LogP contribution in [0, 0.1) is 5.92 Å². The molecular weight excluding hydrogens is 230 g/mol. The fourth-order valence-electron chi connectivity index (χ4n) is 1.43. The molecule has 84 valence electrons. The van der Waals surface area contributed by atoms with Crippen LogP contribution in [0.3, 0.4) is 0 Å². The molecule has 0 fully saturated rings. The largest absolute Gasteiger partial charge is 0.481 e. The molecule has 0 amide bonds. The lowest BCUT2D eigenvalue weighted by atomic mass is 10.1. The van der Waals surface area contributed by atoms with Gasteiger partial charge in [0.1, 0.15) is 17.1 Å². The van der Waals surface area contributed by atoms with Gasteiger partial charge in [0.15, 0.2) is 0 Å². The Labute approximate surface area is 96.7 Å². The molecule has 0 aromatic carbocycles. The Bertz CT molecular complexity index is 538. The number of fused-ring (bicyclic) bond motifs is 1. The van der Waals surface area contributed by atoms with Gasteiger partial charge in [-0.15, -0.1) is 0 Å². The highest BCUT2D eigenvalue weighted by molar-refractivity contribution is 6.30. The zero-order chi connectivity index (χ0) is 11.7. The number of rotatable bonds is 3. The second kappa shape index (κ2) is 4.09. The van der Waals surface area contributed by atoms with Crippen molar-refractivity contribution in [1.29, 1.82) is 0 Å². The van der Waals surface area contributed by atoms with Gasteiger partial charge in [0.05, 0.1) is 11.6 Å². The van der Waals surface area contributed by atoms with Gasteiger partial charge in [0.25, 0.3) is 0 Å². The zero-order valence-corrected chi connectivity index (χ0v) is 9.35. The maximum Gasteiger partial charge on any atom is 0.306 e. The van der Waals surface area contributed by atoms with Crippen molar-refractivity contribution in [1.82, 2.24) is 14.4 Å². The van der Waals surface area contributed by atoms with E-state index in [1.165, 1.54) is 0 Å². The molecule has 2 heterocycles. The third kappa shape index (κ3) is 1.86. The van der Waals surface area contributed by atoms with Crippen molar-refractivity contribution in [2.24, 2.45) is 5.92 Å². The highest BCUT2D eigenvalue weighted by Crippen LogP contribution is 2.20. The number of carboxylic acid groups (broad SMARTS) is 1. The van der Waals surface area contributed by atoms with Crippen LogP contribution in [0.25, 0.3) is 5.65 Å². The molecule has 1 atom stereocenters. The van der Waals surface area contributed by atoms with Crippen molar-refractivity contribution in [3.63, 3.8) is 0 Å². The average molecular weight is 240 g/mol. The first kappa shape index (κ1) is 10.9. The van der Waals surface area contributed by atoms with Gasteiger partial charge in [-0.1, -0.05) is 18.5 Å². The minimum atomic E-state index is -0.855. The Kier molecular flexibility index (Phi) is 2.78. The topological polar surface area (TPSA) is 67.5 Å². The number of hydrogen-bond donors (Lipinski definition) is 1. The molecule has 0 aliphatic carbocycles.